The molecule has 21 heavy (non-hydrogen) atoms. The Hall–Kier alpha value is -1.35. The molecule has 2 aromatic rings. The van der Waals surface area contributed by atoms with Gasteiger partial charge in [0.25, 0.3) is 0 Å². The molecule has 0 aliphatic carbocycles. The minimum absolute atomic E-state index is 0.218. The Kier molecular flexibility index (Phi) is 6.24. The van der Waals surface area contributed by atoms with Crippen LogP contribution in [0.3, 0.4) is 0 Å². The van der Waals surface area contributed by atoms with Crippen molar-refractivity contribution in [3.05, 3.63) is 70.7 Å². The molecule has 0 fully saturated rings. The molecule has 1 unspecified atom stereocenters. The largest absolute Gasteiger partial charge is 0.396 e. The molecule has 2 aromatic carbocycles. The van der Waals surface area contributed by atoms with E-state index in [0.717, 1.165) is 24.4 Å². The van der Waals surface area contributed by atoms with Gasteiger partial charge in [0.2, 0.25) is 0 Å². The highest BCUT2D eigenvalue weighted by atomic mass is 35.5. The van der Waals surface area contributed by atoms with E-state index in [0.29, 0.717) is 0 Å². The van der Waals surface area contributed by atoms with Crippen LogP contribution in [0.1, 0.15) is 30.0 Å². The van der Waals surface area contributed by atoms with E-state index in [-0.39, 0.29) is 12.6 Å². The lowest BCUT2D eigenvalue weighted by Crippen LogP contribution is -2.24. The lowest BCUT2D eigenvalue weighted by molar-refractivity contribution is 0.201. The Morgan fingerprint density at radius 2 is 1.86 bits per heavy atom. The predicted molar refractivity (Wildman–Crippen MR) is 88.4 cm³/mol. The molecular formula is C18H22ClNO. The molecule has 2 rings (SSSR count). The zero-order valence-corrected chi connectivity index (χ0v) is 13.1. The third-order valence-electron chi connectivity index (χ3n) is 3.68. The van der Waals surface area contributed by atoms with Crippen LogP contribution in [0.15, 0.2) is 54.6 Å². The van der Waals surface area contributed by atoms with E-state index in [9.17, 15) is 0 Å². The number of hydrogen-bond acceptors (Lipinski definition) is 2. The van der Waals surface area contributed by atoms with Gasteiger partial charge in [-0.25, -0.2) is 0 Å². The summed E-state index contributed by atoms with van der Waals surface area (Å²) in [6.45, 7) is 1.10. The lowest BCUT2D eigenvalue weighted by Gasteiger charge is -2.28. The molecule has 0 heterocycles. The van der Waals surface area contributed by atoms with Crippen LogP contribution in [0.25, 0.3) is 0 Å². The molecular weight excluding hydrogens is 282 g/mol. The van der Waals surface area contributed by atoms with Crippen LogP contribution >= 0.6 is 11.6 Å². The quantitative estimate of drug-likeness (QED) is 0.825. The summed E-state index contributed by atoms with van der Waals surface area (Å²) in [5.74, 6) is 0. The van der Waals surface area contributed by atoms with Gasteiger partial charge in [-0.15, -0.1) is 0 Å². The standard InChI is InChI=1S/C18H22ClNO/c1-20(14-15-7-3-2-4-8-15)18(11-6-12-21)16-9-5-10-17(19)13-16/h2-5,7-10,13,18,21H,6,11-12,14H2,1H3. The number of aliphatic hydroxyl groups excluding tert-OH is 1. The number of hydrogen-bond donors (Lipinski definition) is 1. The summed E-state index contributed by atoms with van der Waals surface area (Å²) in [4.78, 5) is 2.32. The Labute approximate surface area is 132 Å². The minimum atomic E-state index is 0.218. The summed E-state index contributed by atoms with van der Waals surface area (Å²) in [5, 5.41) is 9.90. The Bertz CT molecular complexity index is 544. The van der Waals surface area contributed by atoms with Gasteiger partial charge in [0.05, 0.1) is 0 Å². The van der Waals surface area contributed by atoms with Crippen molar-refractivity contribution < 1.29 is 5.11 Å². The van der Waals surface area contributed by atoms with E-state index in [1.165, 1.54) is 11.1 Å². The van der Waals surface area contributed by atoms with Gasteiger partial charge in [0, 0.05) is 24.2 Å². The van der Waals surface area contributed by atoms with Gasteiger partial charge in [-0.05, 0) is 43.1 Å². The number of halogens is 1. The van der Waals surface area contributed by atoms with Crippen LogP contribution in [-0.2, 0) is 6.54 Å². The zero-order valence-electron chi connectivity index (χ0n) is 12.4. The normalized spacial score (nSPS) is 12.6. The molecule has 0 aliphatic heterocycles. The van der Waals surface area contributed by atoms with Crippen LogP contribution < -0.4 is 0 Å². The number of aliphatic hydroxyl groups is 1. The summed E-state index contributed by atoms with van der Waals surface area (Å²) in [6.07, 6.45) is 1.70. The Morgan fingerprint density at radius 1 is 1.10 bits per heavy atom. The summed E-state index contributed by atoms with van der Waals surface area (Å²) in [5.41, 5.74) is 2.49. The average Bonchev–Trinajstić information content (AvgIpc) is 2.49. The molecule has 3 heteroatoms. The van der Waals surface area contributed by atoms with Gasteiger partial charge in [0.1, 0.15) is 0 Å². The first-order chi connectivity index (χ1) is 10.2. The van der Waals surface area contributed by atoms with E-state index in [1.807, 2.05) is 24.3 Å². The SMILES string of the molecule is CN(Cc1ccccc1)C(CCCO)c1cccc(Cl)c1. The zero-order chi connectivity index (χ0) is 15.1. The third-order valence-corrected chi connectivity index (χ3v) is 3.91. The average molecular weight is 304 g/mol. The molecule has 0 amide bonds. The second-order valence-electron chi connectivity index (χ2n) is 5.34. The van der Waals surface area contributed by atoms with Crippen molar-refractivity contribution in [1.82, 2.24) is 4.90 Å². The highest BCUT2D eigenvalue weighted by Crippen LogP contribution is 2.27. The number of rotatable bonds is 7. The number of benzene rings is 2. The van der Waals surface area contributed by atoms with Crippen molar-refractivity contribution in [3.8, 4) is 0 Å². The second-order valence-corrected chi connectivity index (χ2v) is 5.77. The molecule has 112 valence electrons. The summed E-state index contributed by atoms with van der Waals surface area (Å²) >= 11 is 6.12. The highest BCUT2D eigenvalue weighted by molar-refractivity contribution is 6.30. The van der Waals surface area contributed by atoms with Gasteiger partial charge < -0.3 is 5.11 Å². The maximum atomic E-state index is 9.14. The molecule has 0 saturated heterocycles. The summed E-state index contributed by atoms with van der Waals surface area (Å²) in [6, 6.07) is 18.7. The van der Waals surface area contributed by atoms with Gasteiger partial charge in [-0.3, -0.25) is 4.90 Å². The first kappa shape index (κ1) is 16.0. The number of nitrogens with zero attached hydrogens (tertiary/aromatic N) is 1. The molecule has 0 bridgehead atoms. The van der Waals surface area contributed by atoms with Crippen molar-refractivity contribution in [3.63, 3.8) is 0 Å². The molecule has 0 aliphatic rings. The monoisotopic (exact) mass is 303 g/mol. The van der Waals surface area contributed by atoms with Gasteiger partial charge in [-0.1, -0.05) is 54.1 Å². The molecule has 1 N–H and O–H groups in total. The van der Waals surface area contributed by atoms with Crippen molar-refractivity contribution >= 4 is 11.6 Å². The van der Waals surface area contributed by atoms with Crippen molar-refractivity contribution in [1.29, 1.82) is 0 Å². The first-order valence-corrected chi connectivity index (χ1v) is 7.69. The Morgan fingerprint density at radius 3 is 2.52 bits per heavy atom. The Balaban J connectivity index is 2.15. The molecule has 2 nitrogen and oxygen atoms in total. The molecule has 1 atom stereocenters. The van der Waals surface area contributed by atoms with E-state index >= 15 is 0 Å². The smallest absolute Gasteiger partial charge is 0.0431 e. The van der Waals surface area contributed by atoms with Crippen LogP contribution in [0.5, 0.6) is 0 Å². The van der Waals surface area contributed by atoms with Gasteiger partial charge >= 0.3 is 0 Å². The second kappa shape index (κ2) is 8.18. The van der Waals surface area contributed by atoms with Crippen LogP contribution in [0.2, 0.25) is 5.02 Å². The molecule has 0 aromatic heterocycles. The predicted octanol–water partition coefficient (Wildman–Crippen LogP) is 4.29. The fraction of sp³-hybridized carbons (Fsp3) is 0.333. The molecule has 0 radical (unpaired) electrons. The topological polar surface area (TPSA) is 23.5 Å². The van der Waals surface area contributed by atoms with E-state index < -0.39 is 0 Å². The van der Waals surface area contributed by atoms with E-state index in [4.69, 9.17) is 16.7 Å². The van der Waals surface area contributed by atoms with Gasteiger partial charge in [0.15, 0.2) is 0 Å². The maximum absolute atomic E-state index is 9.14. The lowest BCUT2D eigenvalue weighted by atomic mass is 10.00. The van der Waals surface area contributed by atoms with Gasteiger partial charge in [-0.2, -0.15) is 0 Å². The third kappa shape index (κ3) is 4.85. The highest BCUT2D eigenvalue weighted by Gasteiger charge is 2.17. The van der Waals surface area contributed by atoms with Crippen LogP contribution in [0.4, 0.5) is 0 Å². The summed E-state index contributed by atoms with van der Waals surface area (Å²) in [7, 11) is 2.12. The van der Waals surface area contributed by atoms with Crippen molar-refractivity contribution in [2.24, 2.45) is 0 Å². The summed E-state index contributed by atoms with van der Waals surface area (Å²) < 4.78 is 0. The fourth-order valence-electron chi connectivity index (χ4n) is 2.62. The fourth-order valence-corrected chi connectivity index (χ4v) is 2.82. The van der Waals surface area contributed by atoms with Crippen molar-refractivity contribution in [2.75, 3.05) is 13.7 Å². The van der Waals surface area contributed by atoms with E-state index in [2.05, 4.69) is 42.3 Å². The van der Waals surface area contributed by atoms with Crippen molar-refractivity contribution in [2.45, 2.75) is 25.4 Å². The minimum Gasteiger partial charge on any atom is -0.396 e. The first-order valence-electron chi connectivity index (χ1n) is 7.31. The van der Waals surface area contributed by atoms with E-state index in [1.54, 1.807) is 0 Å². The maximum Gasteiger partial charge on any atom is 0.0431 e. The van der Waals surface area contributed by atoms with Crippen LogP contribution in [-0.4, -0.2) is 23.7 Å². The van der Waals surface area contributed by atoms with Crippen LogP contribution in [0, 0.1) is 0 Å². The molecule has 0 spiro atoms. The molecule has 0 saturated carbocycles.